The number of nitrogens with zero attached hydrogens (tertiary/aromatic N) is 3. The summed E-state index contributed by atoms with van der Waals surface area (Å²) in [4.78, 5) is 0. The average molecular weight is 273 g/mol. The molecular formula is C11H10F3N3S. The third-order valence-electron chi connectivity index (χ3n) is 2.53. The van der Waals surface area contributed by atoms with Gasteiger partial charge in [0.05, 0.1) is 5.69 Å². The number of aryl methyl sites for hydroxylation is 2. The van der Waals surface area contributed by atoms with Crippen molar-refractivity contribution in [3.05, 3.63) is 40.4 Å². The van der Waals surface area contributed by atoms with Gasteiger partial charge in [-0.25, -0.2) is 4.68 Å². The Hall–Kier alpha value is -1.63. The zero-order chi connectivity index (χ0) is 13.5. The molecule has 1 aromatic heterocycles. The van der Waals surface area contributed by atoms with E-state index in [9.17, 15) is 13.2 Å². The highest BCUT2D eigenvalue weighted by atomic mass is 32.1. The molecule has 0 spiro atoms. The number of alkyl halides is 3. The van der Waals surface area contributed by atoms with Crippen LogP contribution in [0.3, 0.4) is 0 Å². The van der Waals surface area contributed by atoms with Crippen LogP contribution in [-0.2, 0) is 13.2 Å². The van der Waals surface area contributed by atoms with E-state index >= 15 is 0 Å². The fraction of sp³-hybridized carbons (Fsp3) is 0.273. The van der Waals surface area contributed by atoms with Gasteiger partial charge >= 0.3 is 6.18 Å². The Labute approximate surface area is 106 Å². The predicted octanol–water partition coefficient (Wildman–Crippen LogP) is 3.27. The molecule has 0 fully saturated rings. The first-order chi connectivity index (χ1) is 8.32. The van der Waals surface area contributed by atoms with Crippen molar-refractivity contribution in [1.29, 1.82) is 0 Å². The molecule has 1 heterocycles. The first-order valence-corrected chi connectivity index (χ1v) is 5.52. The topological polar surface area (TPSA) is 22.8 Å². The molecule has 2 rings (SSSR count). The standard InChI is InChI=1S/C11H10F3N3S/c1-7-5-3-4-6-8(7)17-9(11(12,13)14)15-16(2)10(17)18/h3-6H,1-2H3. The molecule has 0 N–H and O–H groups in total. The highest BCUT2D eigenvalue weighted by Crippen LogP contribution is 2.30. The zero-order valence-electron chi connectivity index (χ0n) is 9.69. The van der Waals surface area contributed by atoms with Crippen molar-refractivity contribution in [2.24, 2.45) is 7.05 Å². The molecule has 1 aromatic carbocycles. The Bertz CT molecular complexity index is 640. The smallest absolute Gasteiger partial charge is 0.264 e. The number of hydrogen-bond donors (Lipinski definition) is 0. The molecule has 2 aromatic rings. The Morgan fingerprint density at radius 3 is 2.39 bits per heavy atom. The van der Waals surface area contributed by atoms with Crippen molar-refractivity contribution in [2.45, 2.75) is 13.1 Å². The molecule has 0 saturated heterocycles. The van der Waals surface area contributed by atoms with Crippen molar-refractivity contribution < 1.29 is 13.2 Å². The quantitative estimate of drug-likeness (QED) is 0.744. The van der Waals surface area contributed by atoms with Gasteiger partial charge in [-0.2, -0.15) is 13.2 Å². The van der Waals surface area contributed by atoms with Crippen molar-refractivity contribution in [1.82, 2.24) is 14.3 Å². The summed E-state index contributed by atoms with van der Waals surface area (Å²) in [5.74, 6) is -1.01. The van der Waals surface area contributed by atoms with E-state index in [4.69, 9.17) is 12.2 Å². The van der Waals surface area contributed by atoms with Crippen molar-refractivity contribution in [3.63, 3.8) is 0 Å². The van der Waals surface area contributed by atoms with Crippen LogP contribution in [0.1, 0.15) is 11.4 Å². The molecule has 0 atom stereocenters. The number of aromatic nitrogens is 3. The molecule has 18 heavy (non-hydrogen) atoms. The third kappa shape index (κ3) is 2.05. The van der Waals surface area contributed by atoms with Crippen LogP contribution in [0.15, 0.2) is 24.3 Å². The number of halogens is 3. The number of para-hydroxylation sites is 1. The monoisotopic (exact) mass is 273 g/mol. The van der Waals surface area contributed by atoms with Gasteiger partial charge in [0.25, 0.3) is 0 Å². The minimum atomic E-state index is -4.54. The number of benzene rings is 1. The summed E-state index contributed by atoms with van der Waals surface area (Å²) < 4.78 is 40.8. The summed E-state index contributed by atoms with van der Waals surface area (Å²) >= 11 is 4.99. The van der Waals surface area contributed by atoms with E-state index in [0.717, 1.165) is 9.25 Å². The summed E-state index contributed by atoms with van der Waals surface area (Å²) in [6.07, 6.45) is -4.54. The molecule has 0 aliphatic carbocycles. The van der Waals surface area contributed by atoms with Crippen LogP contribution in [0.5, 0.6) is 0 Å². The van der Waals surface area contributed by atoms with Gasteiger partial charge in [0.1, 0.15) is 0 Å². The lowest BCUT2D eigenvalue weighted by atomic mass is 10.2. The lowest BCUT2D eigenvalue weighted by molar-refractivity contribution is -0.146. The summed E-state index contributed by atoms with van der Waals surface area (Å²) in [6.45, 7) is 1.73. The van der Waals surface area contributed by atoms with Crippen LogP contribution in [0.4, 0.5) is 13.2 Å². The second-order valence-electron chi connectivity index (χ2n) is 3.85. The first kappa shape index (κ1) is 12.8. The van der Waals surface area contributed by atoms with Crippen LogP contribution in [-0.4, -0.2) is 14.3 Å². The second kappa shape index (κ2) is 4.24. The van der Waals surface area contributed by atoms with Crippen LogP contribution in [0, 0.1) is 11.7 Å². The summed E-state index contributed by atoms with van der Waals surface area (Å²) in [7, 11) is 1.40. The molecule has 0 amide bonds. The molecular weight excluding hydrogens is 263 g/mol. The summed E-state index contributed by atoms with van der Waals surface area (Å²) in [5.41, 5.74) is 1.09. The molecule has 7 heteroatoms. The predicted molar refractivity (Wildman–Crippen MR) is 63.1 cm³/mol. The molecule has 3 nitrogen and oxygen atoms in total. The molecule has 0 aliphatic heterocycles. The van der Waals surface area contributed by atoms with E-state index in [1.165, 1.54) is 7.05 Å². The highest BCUT2D eigenvalue weighted by Gasteiger charge is 2.38. The Morgan fingerprint density at radius 2 is 1.83 bits per heavy atom. The minimum absolute atomic E-state index is 0.0108. The van der Waals surface area contributed by atoms with Crippen LogP contribution in [0.25, 0.3) is 5.69 Å². The van der Waals surface area contributed by atoms with Gasteiger partial charge in [0.2, 0.25) is 10.6 Å². The van der Waals surface area contributed by atoms with Gasteiger partial charge in [0.15, 0.2) is 0 Å². The SMILES string of the molecule is Cc1ccccc1-n1c(C(F)(F)F)nn(C)c1=S. The van der Waals surface area contributed by atoms with Gasteiger partial charge in [0, 0.05) is 7.05 Å². The average Bonchev–Trinajstić information content (AvgIpc) is 2.57. The Balaban J connectivity index is 2.80. The maximum atomic E-state index is 12.9. The molecule has 0 bridgehead atoms. The van der Waals surface area contributed by atoms with Gasteiger partial charge in [-0.05, 0) is 30.8 Å². The third-order valence-corrected chi connectivity index (χ3v) is 2.98. The first-order valence-electron chi connectivity index (χ1n) is 5.11. The molecule has 0 aliphatic rings. The second-order valence-corrected chi connectivity index (χ2v) is 4.21. The zero-order valence-corrected chi connectivity index (χ0v) is 10.5. The van der Waals surface area contributed by atoms with Crippen LogP contribution >= 0.6 is 12.2 Å². The fourth-order valence-corrected chi connectivity index (χ4v) is 1.91. The normalized spacial score (nSPS) is 11.8. The Kier molecular flexibility index (Phi) is 3.02. The van der Waals surface area contributed by atoms with E-state index in [1.54, 1.807) is 31.2 Å². The van der Waals surface area contributed by atoms with E-state index in [0.29, 0.717) is 11.3 Å². The summed E-state index contributed by atoms with van der Waals surface area (Å²) in [6, 6.07) is 6.73. The highest BCUT2D eigenvalue weighted by molar-refractivity contribution is 7.71. The molecule has 0 saturated carbocycles. The van der Waals surface area contributed by atoms with Crippen molar-refractivity contribution in [3.8, 4) is 5.69 Å². The maximum Gasteiger partial charge on any atom is 0.452 e. The Morgan fingerprint density at radius 1 is 1.22 bits per heavy atom. The lowest BCUT2D eigenvalue weighted by Gasteiger charge is -2.11. The number of hydrogen-bond acceptors (Lipinski definition) is 2. The van der Waals surface area contributed by atoms with Crippen LogP contribution in [0.2, 0.25) is 0 Å². The lowest BCUT2D eigenvalue weighted by Crippen LogP contribution is -2.14. The molecule has 96 valence electrons. The minimum Gasteiger partial charge on any atom is -0.264 e. The fourth-order valence-electron chi connectivity index (χ4n) is 1.68. The van der Waals surface area contributed by atoms with Gasteiger partial charge in [-0.1, -0.05) is 18.2 Å². The van der Waals surface area contributed by atoms with Gasteiger partial charge < -0.3 is 0 Å². The number of rotatable bonds is 1. The van der Waals surface area contributed by atoms with Crippen molar-refractivity contribution in [2.75, 3.05) is 0 Å². The largest absolute Gasteiger partial charge is 0.452 e. The van der Waals surface area contributed by atoms with Crippen LogP contribution < -0.4 is 0 Å². The van der Waals surface area contributed by atoms with E-state index in [-0.39, 0.29) is 4.77 Å². The van der Waals surface area contributed by atoms with E-state index < -0.39 is 12.0 Å². The van der Waals surface area contributed by atoms with Gasteiger partial charge in [-0.3, -0.25) is 4.57 Å². The van der Waals surface area contributed by atoms with E-state index in [2.05, 4.69) is 5.10 Å². The molecule has 0 radical (unpaired) electrons. The summed E-state index contributed by atoms with van der Waals surface area (Å²) in [5, 5.41) is 3.45. The van der Waals surface area contributed by atoms with E-state index in [1.807, 2.05) is 0 Å². The maximum absolute atomic E-state index is 12.9. The molecule has 0 unspecified atom stereocenters. The van der Waals surface area contributed by atoms with Gasteiger partial charge in [-0.15, -0.1) is 5.10 Å². The van der Waals surface area contributed by atoms with Crippen molar-refractivity contribution >= 4 is 12.2 Å².